The van der Waals surface area contributed by atoms with Crippen LogP contribution in [0.4, 0.5) is 4.79 Å². The molecule has 6 heteroatoms. The molecule has 6 nitrogen and oxygen atoms in total. The first kappa shape index (κ1) is 17.0. The highest BCUT2D eigenvalue weighted by Crippen LogP contribution is 2.16. The third-order valence-electron chi connectivity index (χ3n) is 2.77. The Labute approximate surface area is 123 Å². The fourth-order valence-corrected chi connectivity index (χ4v) is 1.78. The molecule has 0 aliphatic carbocycles. The number of carbonyl (C=O) groups excluding carboxylic acids is 1. The molecule has 0 aromatic heterocycles. The third-order valence-corrected chi connectivity index (χ3v) is 2.77. The van der Waals surface area contributed by atoms with Gasteiger partial charge in [0.15, 0.2) is 5.54 Å². The number of alkyl carbamates (subject to hydrolysis) is 1. The summed E-state index contributed by atoms with van der Waals surface area (Å²) in [6.45, 7) is 4.28. The van der Waals surface area contributed by atoms with Crippen molar-refractivity contribution in [1.29, 1.82) is 0 Å². The van der Waals surface area contributed by atoms with Gasteiger partial charge >= 0.3 is 12.1 Å². The molecule has 0 fully saturated rings. The minimum Gasteiger partial charge on any atom is -0.479 e. The van der Waals surface area contributed by atoms with Crippen LogP contribution in [0.2, 0.25) is 0 Å². The van der Waals surface area contributed by atoms with Crippen LogP contribution in [-0.4, -0.2) is 40.0 Å². The second kappa shape index (κ2) is 6.58. The van der Waals surface area contributed by atoms with Gasteiger partial charge in [0.25, 0.3) is 0 Å². The van der Waals surface area contributed by atoms with E-state index in [1.54, 1.807) is 51.1 Å². The molecule has 0 aliphatic rings. The lowest BCUT2D eigenvalue weighted by atomic mass is 9.91. The molecular formula is C15H21NO5. The summed E-state index contributed by atoms with van der Waals surface area (Å²) in [6, 6.07) is 8.76. The molecule has 0 aliphatic heterocycles. The minimum atomic E-state index is -1.82. The van der Waals surface area contributed by atoms with Crippen LogP contribution >= 0.6 is 0 Å². The Balaban J connectivity index is 2.94. The first-order valence-electron chi connectivity index (χ1n) is 6.58. The summed E-state index contributed by atoms with van der Waals surface area (Å²) in [5.41, 5.74) is -1.88. The number of aliphatic carboxylic acids is 1. The zero-order valence-corrected chi connectivity index (χ0v) is 12.4. The van der Waals surface area contributed by atoms with Crippen LogP contribution in [0.5, 0.6) is 0 Å². The van der Waals surface area contributed by atoms with E-state index in [4.69, 9.17) is 4.74 Å². The number of hydrogen-bond donors (Lipinski definition) is 3. The quantitative estimate of drug-likeness (QED) is 0.766. The van der Waals surface area contributed by atoms with Crippen LogP contribution in [0.15, 0.2) is 30.3 Å². The van der Waals surface area contributed by atoms with Crippen LogP contribution in [0, 0.1) is 0 Å². The molecule has 1 atom stereocenters. The number of amides is 1. The zero-order chi connectivity index (χ0) is 16.1. The molecule has 0 saturated heterocycles. The lowest BCUT2D eigenvalue weighted by Crippen LogP contribution is -2.59. The molecule has 0 unspecified atom stereocenters. The number of aliphatic hydroxyl groups is 1. The second-order valence-electron chi connectivity index (χ2n) is 5.83. The fourth-order valence-electron chi connectivity index (χ4n) is 1.78. The van der Waals surface area contributed by atoms with E-state index >= 15 is 0 Å². The van der Waals surface area contributed by atoms with Gasteiger partial charge in [-0.25, -0.2) is 9.59 Å². The van der Waals surface area contributed by atoms with Crippen LogP contribution in [0.3, 0.4) is 0 Å². The van der Waals surface area contributed by atoms with Gasteiger partial charge in [-0.15, -0.1) is 0 Å². The smallest absolute Gasteiger partial charge is 0.408 e. The van der Waals surface area contributed by atoms with Gasteiger partial charge in [-0.3, -0.25) is 0 Å². The maximum atomic E-state index is 11.8. The van der Waals surface area contributed by atoms with Gasteiger partial charge in [-0.2, -0.15) is 0 Å². The third kappa shape index (κ3) is 5.07. The van der Waals surface area contributed by atoms with E-state index in [0.717, 1.165) is 0 Å². The Hall–Kier alpha value is -2.08. The summed E-state index contributed by atoms with van der Waals surface area (Å²) in [4.78, 5) is 23.3. The van der Waals surface area contributed by atoms with E-state index in [1.807, 2.05) is 0 Å². The molecule has 0 bridgehead atoms. The van der Waals surface area contributed by atoms with Crippen molar-refractivity contribution in [2.75, 3.05) is 6.61 Å². The summed E-state index contributed by atoms with van der Waals surface area (Å²) < 4.78 is 5.06. The molecule has 3 N–H and O–H groups in total. The molecule has 21 heavy (non-hydrogen) atoms. The van der Waals surface area contributed by atoms with E-state index in [0.29, 0.717) is 5.56 Å². The average molecular weight is 295 g/mol. The zero-order valence-electron chi connectivity index (χ0n) is 12.4. The number of aliphatic hydroxyl groups excluding tert-OH is 1. The van der Waals surface area contributed by atoms with Crippen LogP contribution in [-0.2, 0) is 16.0 Å². The van der Waals surface area contributed by atoms with Crippen molar-refractivity contribution in [3.63, 3.8) is 0 Å². The SMILES string of the molecule is CC(C)(C)OC(=O)N[C@@](CO)(Cc1ccccc1)C(=O)O. The Morgan fingerprint density at radius 2 is 1.76 bits per heavy atom. The molecule has 116 valence electrons. The van der Waals surface area contributed by atoms with Gasteiger partial charge < -0.3 is 20.3 Å². The molecule has 1 aromatic rings. The maximum Gasteiger partial charge on any atom is 0.408 e. The maximum absolute atomic E-state index is 11.8. The molecule has 0 saturated carbocycles. The predicted octanol–water partition coefficient (Wildman–Crippen LogP) is 1.57. The van der Waals surface area contributed by atoms with Crippen molar-refractivity contribution in [3.05, 3.63) is 35.9 Å². The van der Waals surface area contributed by atoms with Crippen molar-refractivity contribution in [1.82, 2.24) is 5.32 Å². The Bertz CT molecular complexity index is 495. The van der Waals surface area contributed by atoms with Crippen molar-refractivity contribution < 1.29 is 24.5 Å². The van der Waals surface area contributed by atoms with Crippen molar-refractivity contribution >= 4 is 12.1 Å². The summed E-state index contributed by atoms with van der Waals surface area (Å²) in [7, 11) is 0. The summed E-state index contributed by atoms with van der Waals surface area (Å²) in [5.74, 6) is -1.32. The van der Waals surface area contributed by atoms with Crippen molar-refractivity contribution in [2.24, 2.45) is 0 Å². The van der Waals surface area contributed by atoms with Crippen molar-refractivity contribution in [3.8, 4) is 0 Å². The van der Waals surface area contributed by atoms with Gasteiger partial charge in [-0.1, -0.05) is 30.3 Å². The number of carboxylic acid groups (broad SMARTS) is 1. The fraction of sp³-hybridized carbons (Fsp3) is 0.467. The molecule has 0 spiro atoms. The van der Waals surface area contributed by atoms with Crippen LogP contribution in [0.25, 0.3) is 0 Å². The summed E-state index contributed by atoms with van der Waals surface area (Å²) >= 11 is 0. The van der Waals surface area contributed by atoms with Crippen LogP contribution in [0.1, 0.15) is 26.3 Å². The van der Waals surface area contributed by atoms with Gasteiger partial charge in [0, 0.05) is 6.42 Å². The molecule has 0 heterocycles. The number of hydrogen-bond acceptors (Lipinski definition) is 4. The molecule has 1 amide bonds. The van der Waals surface area contributed by atoms with Gasteiger partial charge in [0.2, 0.25) is 0 Å². The normalized spacial score (nSPS) is 14.1. The van der Waals surface area contributed by atoms with E-state index in [9.17, 15) is 19.8 Å². The van der Waals surface area contributed by atoms with Gasteiger partial charge in [-0.05, 0) is 26.3 Å². The summed E-state index contributed by atoms with van der Waals surface area (Å²) in [6.07, 6.45) is -0.922. The van der Waals surface area contributed by atoms with E-state index in [2.05, 4.69) is 5.32 Å². The number of carboxylic acids is 1. The van der Waals surface area contributed by atoms with E-state index in [-0.39, 0.29) is 6.42 Å². The first-order chi connectivity index (χ1) is 9.68. The lowest BCUT2D eigenvalue weighted by molar-refractivity contribution is -0.146. The molecular weight excluding hydrogens is 274 g/mol. The minimum absolute atomic E-state index is 0.0427. The number of ether oxygens (including phenoxy) is 1. The van der Waals surface area contributed by atoms with Crippen molar-refractivity contribution in [2.45, 2.75) is 38.3 Å². The van der Waals surface area contributed by atoms with E-state index in [1.165, 1.54) is 0 Å². The highest BCUT2D eigenvalue weighted by Gasteiger charge is 2.41. The monoisotopic (exact) mass is 295 g/mol. The molecule has 1 aromatic carbocycles. The lowest BCUT2D eigenvalue weighted by Gasteiger charge is -2.30. The number of rotatable bonds is 5. The van der Waals surface area contributed by atoms with Gasteiger partial charge in [0.05, 0.1) is 6.61 Å². The van der Waals surface area contributed by atoms with E-state index < -0.39 is 29.8 Å². The largest absolute Gasteiger partial charge is 0.479 e. The average Bonchev–Trinajstić information content (AvgIpc) is 2.36. The Kier molecular flexibility index (Phi) is 5.32. The number of nitrogens with one attached hydrogen (secondary N) is 1. The molecule has 0 radical (unpaired) electrons. The topological polar surface area (TPSA) is 95.9 Å². The van der Waals surface area contributed by atoms with Crippen LogP contribution < -0.4 is 5.32 Å². The number of benzene rings is 1. The highest BCUT2D eigenvalue weighted by molar-refractivity contribution is 5.85. The highest BCUT2D eigenvalue weighted by atomic mass is 16.6. The second-order valence-corrected chi connectivity index (χ2v) is 5.83. The Morgan fingerprint density at radius 1 is 1.19 bits per heavy atom. The molecule has 1 rings (SSSR count). The first-order valence-corrected chi connectivity index (χ1v) is 6.58. The van der Waals surface area contributed by atoms with Gasteiger partial charge in [0.1, 0.15) is 5.60 Å². The predicted molar refractivity (Wildman–Crippen MR) is 77.0 cm³/mol. The Morgan fingerprint density at radius 3 is 2.19 bits per heavy atom. The summed E-state index contributed by atoms with van der Waals surface area (Å²) in [5, 5.41) is 21.2. The number of carbonyl (C=O) groups is 2. The standard InChI is InChI=1S/C15H21NO5/c1-14(2,3)21-13(20)16-15(10-17,12(18)19)9-11-7-5-4-6-8-11/h4-8,17H,9-10H2,1-3H3,(H,16,20)(H,18,19)/t15-/m1/s1.